The van der Waals surface area contributed by atoms with E-state index in [4.69, 9.17) is 16.2 Å². The highest BCUT2D eigenvalue weighted by Crippen LogP contribution is 2.43. The van der Waals surface area contributed by atoms with Crippen molar-refractivity contribution < 1.29 is 9.53 Å². The van der Waals surface area contributed by atoms with Crippen LogP contribution in [0.25, 0.3) is 31.6 Å². The molecular formula is C25H20N6O2S2. The molecule has 0 unspecified atom stereocenters. The molecule has 0 atom stereocenters. The third kappa shape index (κ3) is 4.01. The minimum absolute atomic E-state index is 0.0973. The maximum Gasteiger partial charge on any atom is 0.269 e. The van der Waals surface area contributed by atoms with Gasteiger partial charge in [-0.15, -0.1) is 11.3 Å². The zero-order chi connectivity index (χ0) is 24.7. The van der Waals surface area contributed by atoms with Gasteiger partial charge < -0.3 is 16.2 Å². The molecule has 8 nitrogen and oxygen atoms in total. The summed E-state index contributed by atoms with van der Waals surface area (Å²) in [5.41, 5.74) is 16.3. The Balaban J connectivity index is 1.57. The molecule has 5 rings (SSSR count). The number of carbonyl (C=O) groups is 1. The Bertz CT molecular complexity index is 1650. The van der Waals surface area contributed by atoms with Crippen LogP contribution in [0.4, 0.5) is 16.6 Å². The van der Waals surface area contributed by atoms with Crippen LogP contribution in [-0.4, -0.2) is 22.5 Å². The molecule has 0 bridgehead atoms. The number of amides is 1. The van der Waals surface area contributed by atoms with E-state index in [1.54, 1.807) is 0 Å². The molecule has 0 aliphatic rings. The van der Waals surface area contributed by atoms with Crippen molar-refractivity contribution in [2.75, 3.05) is 23.4 Å². The Kier molecular flexibility index (Phi) is 5.72. The van der Waals surface area contributed by atoms with E-state index in [2.05, 4.69) is 21.4 Å². The van der Waals surface area contributed by atoms with Gasteiger partial charge in [-0.3, -0.25) is 10.1 Å². The Hall–Kier alpha value is -4.20. The molecule has 0 saturated heterocycles. The number of carbonyl (C=O) groups excluding carboxylic acids is 1. The van der Waals surface area contributed by atoms with Crippen molar-refractivity contribution >= 4 is 65.7 Å². The van der Waals surface area contributed by atoms with Gasteiger partial charge in [-0.25, -0.2) is 9.97 Å². The van der Waals surface area contributed by atoms with Crippen molar-refractivity contribution in [1.29, 1.82) is 5.26 Å². The van der Waals surface area contributed by atoms with Crippen LogP contribution in [0, 0.1) is 18.3 Å². The predicted octanol–water partition coefficient (Wildman–Crippen LogP) is 5.57. The van der Waals surface area contributed by atoms with Gasteiger partial charge in [0, 0.05) is 10.9 Å². The maximum absolute atomic E-state index is 13.2. The average molecular weight is 501 g/mol. The first-order valence-corrected chi connectivity index (χ1v) is 12.4. The number of pyridine rings is 1. The molecule has 0 aliphatic heterocycles. The van der Waals surface area contributed by atoms with Gasteiger partial charge in [0.05, 0.1) is 22.5 Å². The van der Waals surface area contributed by atoms with Crippen LogP contribution in [-0.2, 0) is 0 Å². The van der Waals surface area contributed by atoms with Crippen LogP contribution < -0.4 is 21.5 Å². The number of fused-ring (bicyclic) bond motifs is 2. The van der Waals surface area contributed by atoms with Crippen LogP contribution in [0.1, 0.15) is 27.7 Å². The van der Waals surface area contributed by atoms with E-state index >= 15 is 0 Å². The van der Waals surface area contributed by atoms with Gasteiger partial charge in [-0.2, -0.15) is 5.26 Å². The summed E-state index contributed by atoms with van der Waals surface area (Å²) < 4.78 is 6.44. The summed E-state index contributed by atoms with van der Waals surface area (Å²) in [6.07, 6.45) is 0. The van der Waals surface area contributed by atoms with Crippen molar-refractivity contribution in [2.24, 2.45) is 0 Å². The number of hydrogen-bond donors (Lipinski definition) is 3. The first kappa shape index (κ1) is 22.6. The first-order chi connectivity index (χ1) is 16.9. The highest BCUT2D eigenvalue weighted by Gasteiger charge is 2.25. The molecule has 3 aromatic heterocycles. The van der Waals surface area contributed by atoms with Crippen molar-refractivity contribution in [1.82, 2.24) is 9.97 Å². The monoisotopic (exact) mass is 500 g/mol. The number of nitrogens with one attached hydrogen (secondary N) is 1. The van der Waals surface area contributed by atoms with Gasteiger partial charge in [-0.05, 0) is 37.6 Å². The lowest BCUT2D eigenvalue weighted by Crippen LogP contribution is -2.11. The van der Waals surface area contributed by atoms with E-state index in [9.17, 15) is 10.1 Å². The number of nitrogen functional groups attached to an aromatic ring is 2. The maximum atomic E-state index is 13.2. The van der Waals surface area contributed by atoms with E-state index in [1.165, 1.54) is 11.3 Å². The van der Waals surface area contributed by atoms with Crippen molar-refractivity contribution in [3.8, 4) is 22.9 Å². The number of benzene rings is 2. The summed E-state index contributed by atoms with van der Waals surface area (Å²) in [7, 11) is 0. The summed E-state index contributed by atoms with van der Waals surface area (Å²) >= 11 is 2.48. The number of rotatable bonds is 5. The van der Waals surface area contributed by atoms with Crippen LogP contribution >= 0.6 is 22.7 Å². The SMILES string of the molecule is CCOc1ccc2nc(NC(=O)c3sc4nc(N)c(C#N)c(-c5ccc(C)cc5)c4c3N)sc2c1. The number of anilines is 3. The molecule has 2 aromatic carbocycles. The van der Waals surface area contributed by atoms with Crippen molar-refractivity contribution in [3.05, 3.63) is 58.5 Å². The third-order valence-corrected chi connectivity index (χ3v) is 7.49. The summed E-state index contributed by atoms with van der Waals surface area (Å²) in [4.78, 5) is 22.9. The van der Waals surface area contributed by atoms with E-state index in [1.807, 2.05) is 56.3 Å². The highest BCUT2D eigenvalue weighted by molar-refractivity contribution is 7.23. The molecule has 174 valence electrons. The van der Waals surface area contributed by atoms with Crippen LogP contribution in [0.15, 0.2) is 42.5 Å². The number of nitrogens with zero attached hydrogens (tertiary/aromatic N) is 3. The van der Waals surface area contributed by atoms with E-state index < -0.39 is 5.91 Å². The van der Waals surface area contributed by atoms with Crippen LogP contribution in [0.3, 0.4) is 0 Å². The normalized spacial score (nSPS) is 11.0. The zero-order valence-electron chi connectivity index (χ0n) is 18.9. The Labute approximate surface area is 208 Å². The number of aromatic nitrogens is 2. The molecule has 1 amide bonds. The smallest absolute Gasteiger partial charge is 0.269 e. The molecule has 10 heteroatoms. The number of thiazole rings is 1. The largest absolute Gasteiger partial charge is 0.494 e. The zero-order valence-corrected chi connectivity index (χ0v) is 20.5. The topological polar surface area (TPSA) is 140 Å². The molecule has 5 N–H and O–H groups in total. The number of nitrogens with two attached hydrogens (primary N) is 2. The third-order valence-electron chi connectivity index (χ3n) is 5.45. The lowest BCUT2D eigenvalue weighted by molar-refractivity contribution is 0.103. The van der Waals surface area contributed by atoms with Gasteiger partial charge >= 0.3 is 0 Å². The fourth-order valence-electron chi connectivity index (χ4n) is 3.83. The summed E-state index contributed by atoms with van der Waals surface area (Å²) in [6.45, 7) is 4.46. The molecule has 0 fully saturated rings. The Morgan fingerprint density at radius 1 is 1.14 bits per heavy atom. The Morgan fingerprint density at radius 2 is 1.91 bits per heavy atom. The van der Waals surface area contributed by atoms with Gasteiger partial charge in [0.25, 0.3) is 5.91 Å². The molecule has 0 aliphatic carbocycles. The lowest BCUT2D eigenvalue weighted by atomic mass is 9.96. The van der Waals surface area contributed by atoms with Crippen molar-refractivity contribution in [3.63, 3.8) is 0 Å². The minimum atomic E-state index is -0.401. The summed E-state index contributed by atoms with van der Waals surface area (Å²) in [5, 5.41) is 13.6. The second-order valence-corrected chi connectivity index (χ2v) is 9.82. The molecule has 0 saturated carbocycles. The Morgan fingerprint density at radius 3 is 2.63 bits per heavy atom. The summed E-state index contributed by atoms with van der Waals surface area (Å²) in [6, 6.07) is 15.4. The highest BCUT2D eigenvalue weighted by atomic mass is 32.1. The van der Waals surface area contributed by atoms with Gasteiger partial charge in [0.1, 0.15) is 32.9 Å². The first-order valence-electron chi connectivity index (χ1n) is 10.7. The second-order valence-electron chi connectivity index (χ2n) is 7.79. The fourth-order valence-corrected chi connectivity index (χ4v) is 5.73. The number of thiophene rings is 1. The number of aryl methyl sites for hydroxylation is 1. The van der Waals surface area contributed by atoms with E-state index in [-0.39, 0.29) is 21.9 Å². The van der Waals surface area contributed by atoms with Gasteiger partial charge in [-0.1, -0.05) is 41.2 Å². The fraction of sp³-hybridized carbons (Fsp3) is 0.120. The second kappa shape index (κ2) is 8.87. The van der Waals surface area contributed by atoms with Gasteiger partial charge in [0.15, 0.2) is 5.13 Å². The molecule has 3 heterocycles. The predicted molar refractivity (Wildman–Crippen MR) is 142 cm³/mol. The molecular weight excluding hydrogens is 480 g/mol. The quantitative estimate of drug-likeness (QED) is 0.287. The number of ether oxygens (including phenoxy) is 1. The lowest BCUT2D eigenvalue weighted by Gasteiger charge is -2.10. The molecule has 5 aromatic rings. The molecule has 0 radical (unpaired) electrons. The van der Waals surface area contributed by atoms with Crippen molar-refractivity contribution in [2.45, 2.75) is 13.8 Å². The molecule has 35 heavy (non-hydrogen) atoms. The summed E-state index contributed by atoms with van der Waals surface area (Å²) in [5.74, 6) is 0.442. The number of hydrogen-bond acceptors (Lipinski definition) is 9. The van der Waals surface area contributed by atoms with E-state index in [0.717, 1.165) is 38.4 Å². The van der Waals surface area contributed by atoms with Gasteiger partial charge in [0.2, 0.25) is 0 Å². The molecule has 0 spiro atoms. The standard InChI is InChI=1S/C25H20N6O2S2/c1-3-33-14-8-9-16-17(10-14)34-25(29-16)31-23(32)21-20(27)19-18(13-6-4-12(2)5-7-13)15(11-26)22(28)30-24(19)35-21/h4-10H,3,27H2,1-2H3,(H2,28,30)(H,29,31,32). The number of nitriles is 1. The van der Waals surface area contributed by atoms with Crippen LogP contribution in [0.2, 0.25) is 0 Å². The average Bonchev–Trinajstić information content (AvgIpc) is 3.38. The van der Waals surface area contributed by atoms with E-state index in [0.29, 0.717) is 27.5 Å². The van der Waals surface area contributed by atoms with Crippen LogP contribution in [0.5, 0.6) is 5.75 Å². The minimum Gasteiger partial charge on any atom is -0.494 e.